The highest BCUT2D eigenvalue weighted by Gasteiger charge is 1.81. The van der Waals surface area contributed by atoms with Crippen molar-refractivity contribution in [3.8, 4) is 0 Å². The van der Waals surface area contributed by atoms with Crippen molar-refractivity contribution in [2.75, 3.05) is 34.5 Å². The predicted molar refractivity (Wildman–Crippen MR) is 32.8 cm³/mol. The molecule has 0 unspecified atom stereocenters. The first-order valence-electron chi connectivity index (χ1n) is 2.68. The lowest BCUT2D eigenvalue weighted by Gasteiger charge is -2.02. The van der Waals surface area contributed by atoms with Crippen LogP contribution in [-0.4, -0.2) is 34.5 Å². The standard InChI is InChI=1S/C5H13NO3/c1-7-3-6-4-9-5-8-2/h6H,3-5H2,1-2H3. The molecule has 0 aliphatic heterocycles. The Morgan fingerprint density at radius 2 is 1.89 bits per heavy atom. The Hall–Kier alpha value is -0.160. The fourth-order valence-corrected chi connectivity index (χ4v) is 0.341. The molecule has 9 heavy (non-hydrogen) atoms. The minimum Gasteiger partial charge on any atom is -0.369 e. The lowest BCUT2D eigenvalue weighted by Crippen LogP contribution is -2.20. The van der Waals surface area contributed by atoms with Crippen molar-refractivity contribution in [2.24, 2.45) is 0 Å². The van der Waals surface area contributed by atoms with Crippen LogP contribution in [0.5, 0.6) is 0 Å². The molecule has 0 aliphatic rings. The first-order chi connectivity index (χ1) is 4.41. The van der Waals surface area contributed by atoms with E-state index >= 15 is 0 Å². The van der Waals surface area contributed by atoms with Crippen LogP contribution in [0, 0.1) is 0 Å². The largest absolute Gasteiger partial charge is 0.369 e. The summed E-state index contributed by atoms with van der Waals surface area (Å²) in [6.45, 7) is 1.28. The Morgan fingerprint density at radius 1 is 1.11 bits per heavy atom. The van der Waals surface area contributed by atoms with E-state index in [1.807, 2.05) is 0 Å². The molecule has 4 heteroatoms. The summed E-state index contributed by atoms with van der Waals surface area (Å²) in [6.07, 6.45) is 0. The third-order valence-electron chi connectivity index (χ3n) is 0.652. The molecule has 4 nitrogen and oxygen atoms in total. The SMILES string of the molecule is COCNCOCOC. The maximum Gasteiger partial charge on any atom is 0.148 e. The number of nitrogens with one attached hydrogen (secondary N) is 1. The second kappa shape index (κ2) is 7.84. The molecular formula is C5H13NO3. The van der Waals surface area contributed by atoms with E-state index in [0.29, 0.717) is 20.3 Å². The van der Waals surface area contributed by atoms with E-state index < -0.39 is 0 Å². The van der Waals surface area contributed by atoms with E-state index in [1.54, 1.807) is 14.2 Å². The van der Waals surface area contributed by atoms with Gasteiger partial charge in [-0.15, -0.1) is 0 Å². The van der Waals surface area contributed by atoms with Crippen molar-refractivity contribution in [3.63, 3.8) is 0 Å². The summed E-state index contributed by atoms with van der Waals surface area (Å²) in [7, 11) is 3.19. The molecule has 0 atom stereocenters. The van der Waals surface area contributed by atoms with E-state index in [0.717, 1.165) is 0 Å². The van der Waals surface area contributed by atoms with Gasteiger partial charge >= 0.3 is 0 Å². The van der Waals surface area contributed by atoms with Gasteiger partial charge in [0.2, 0.25) is 0 Å². The van der Waals surface area contributed by atoms with Gasteiger partial charge in [0.05, 0.1) is 6.73 Å². The Balaban J connectivity index is 2.60. The highest BCUT2D eigenvalue weighted by atomic mass is 16.7. The molecule has 0 amide bonds. The van der Waals surface area contributed by atoms with E-state index in [2.05, 4.69) is 10.1 Å². The Labute approximate surface area is 55.1 Å². The summed E-state index contributed by atoms with van der Waals surface area (Å²) in [4.78, 5) is 0. The van der Waals surface area contributed by atoms with Crippen molar-refractivity contribution in [3.05, 3.63) is 0 Å². The monoisotopic (exact) mass is 135 g/mol. The van der Waals surface area contributed by atoms with Gasteiger partial charge in [-0.05, 0) is 0 Å². The molecule has 0 rings (SSSR count). The third-order valence-corrected chi connectivity index (χ3v) is 0.652. The molecule has 0 fully saturated rings. The van der Waals surface area contributed by atoms with Crippen molar-refractivity contribution in [1.82, 2.24) is 5.32 Å². The zero-order chi connectivity index (χ0) is 6.95. The molecule has 0 aromatic heterocycles. The van der Waals surface area contributed by atoms with Crippen LogP contribution in [0.1, 0.15) is 0 Å². The summed E-state index contributed by atoms with van der Waals surface area (Å²) >= 11 is 0. The van der Waals surface area contributed by atoms with Gasteiger partial charge in [-0.25, -0.2) is 0 Å². The van der Waals surface area contributed by atoms with Gasteiger partial charge in [0.1, 0.15) is 13.5 Å². The molecule has 0 saturated carbocycles. The van der Waals surface area contributed by atoms with Crippen molar-refractivity contribution >= 4 is 0 Å². The predicted octanol–water partition coefficient (Wildman–Crippen LogP) is -0.242. The van der Waals surface area contributed by atoms with Crippen molar-refractivity contribution in [2.45, 2.75) is 0 Å². The second-order valence-electron chi connectivity index (χ2n) is 1.44. The number of ether oxygens (including phenoxy) is 3. The molecular weight excluding hydrogens is 122 g/mol. The minimum atomic E-state index is 0.316. The Morgan fingerprint density at radius 3 is 2.44 bits per heavy atom. The van der Waals surface area contributed by atoms with Gasteiger partial charge < -0.3 is 14.2 Å². The van der Waals surface area contributed by atoms with Gasteiger partial charge in [-0.1, -0.05) is 0 Å². The quantitative estimate of drug-likeness (QED) is 0.403. The van der Waals surface area contributed by atoms with Crippen molar-refractivity contribution in [1.29, 1.82) is 0 Å². The average Bonchev–Trinajstić information content (AvgIpc) is 1.89. The molecule has 0 spiro atoms. The van der Waals surface area contributed by atoms with Gasteiger partial charge in [0.15, 0.2) is 0 Å². The van der Waals surface area contributed by atoms with Gasteiger partial charge in [-0.3, -0.25) is 5.32 Å². The molecule has 0 aliphatic carbocycles. The smallest absolute Gasteiger partial charge is 0.148 e. The summed E-state index contributed by atoms with van der Waals surface area (Å²) in [6, 6.07) is 0. The van der Waals surface area contributed by atoms with Crippen LogP contribution in [-0.2, 0) is 14.2 Å². The Bertz CT molecular complexity index is 45.5. The van der Waals surface area contributed by atoms with Crippen LogP contribution in [0.2, 0.25) is 0 Å². The van der Waals surface area contributed by atoms with Crippen molar-refractivity contribution < 1.29 is 14.2 Å². The molecule has 56 valence electrons. The maximum absolute atomic E-state index is 4.87. The topological polar surface area (TPSA) is 39.7 Å². The highest BCUT2D eigenvalue weighted by Crippen LogP contribution is 1.69. The molecule has 0 aromatic rings. The van der Waals surface area contributed by atoms with Crippen LogP contribution < -0.4 is 5.32 Å². The summed E-state index contributed by atoms with van der Waals surface area (Å²) < 4.78 is 14.2. The zero-order valence-corrected chi connectivity index (χ0v) is 5.85. The zero-order valence-electron chi connectivity index (χ0n) is 5.85. The van der Waals surface area contributed by atoms with E-state index in [1.165, 1.54) is 0 Å². The van der Waals surface area contributed by atoms with Gasteiger partial charge in [0, 0.05) is 14.2 Å². The van der Waals surface area contributed by atoms with Crippen LogP contribution in [0.25, 0.3) is 0 Å². The molecule has 0 radical (unpaired) electrons. The third kappa shape index (κ3) is 7.84. The average molecular weight is 135 g/mol. The molecule has 0 heterocycles. The maximum atomic E-state index is 4.87. The fourth-order valence-electron chi connectivity index (χ4n) is 0.341. The lowest BCUT2D eigenvalue weighted by molar-refractivity contribution is -0.0439. The van der Waals surface area contributed by atoms with Gasteiger partial charge in [-0.2, -0.15) is 0 Å². The number of hydrogen-bond acceptors (Lipinski definition) is 4. The molecule has 0 bridgehead atoms. The fraction of sp³-hybridized carbons (Fsp3) is 1.00. The first kappa shape index (κ1) is 8.84. The first-order valence-corrected chi connectivity index (χ1v) is 2.68. The van der Waals surface area contributed by atoms with Crippen LogP contribution in [0.4, 0.5) is 0 Å². The molecule has 0 saturated heterocycles. The van der Waals surface area contributed by atoms with E-state index in [-0.39, 0.29) is 0 Å². The number of hydrogen-bond donors (Lipinski definition) is 1. The summed E-state index contributed by atoms with van der Waals surface area (Å²) in [5, 5.41) is 2.85. The summed E-state index contributed by atoms with van der Waals surface area (Å²) in [5.74, 6) is 0. The summed E-state index contributed by atoms with van der Waals surface area (Å²) in [5.41, 5.74) is 0. The van der Waals surface area contributed by atoms with Gasteiger partial charge in [0.25, 0.3) is 0 Å². The van der Waals surface area contributed by atoms with E-state index in [4.69, 9.17) is 9.47 Å². The number of methoxy groups -OCH3 is 2. The molecule has 1 N–H and O–H groups in total. The Kier molecular flexibility index (Phi) is 7.70. The van der Waals surface area contributed by atoms with Crippen LogP contribution in [0.3, 0.4) is 0 Å². The molecule has 0 aromatic carbocycles. The normalized spacial score (nSPS) is 10.0. The number of rotatable bonds is 6. The second-order valence-corrected chi connectivity index (χ2v) is 1.44. The minimum absolute atomic E-state index is 0.316. The van der Waals surface area contributed by atoms with Crippen LogP contribution >= 0.6 is 0 Å². The lowest BCUT2D eigenvalue weighted by atomic mass is 11.1. The van der Waals surface area contributed by atoms with E-state index in [9.17, 15) is 0 Å². The highest BCUT2D eigenvalue weighted by molar-refractivity contribution is 4.19. The van der Waals surface area contributed by atoms with Crippen LogP contribution in [0.15, 0.2) is 0 Å².